The van der Waals surface area contributed by atoms with Crippen LogP contribution in [-0.4, -0.2) is 18.1 Å². The predicted octanol–water partition coefficient (Wildman–Crippen LogP) is 3.37. The van der Waals surface area contributed by atoms with E-state index in [4.69, 9.17) is 0 Å². The molecule has 0 fully saturated rings. The van der Waals surface area contributed by atoms with Gasteiger partial charge in [0.2, 0.25) is 0 Å². The molecule has 0 aliphatic rings. The Morgan fingerprint density at radius 1 is 1.04 bits per heavy atom. The summed E-state index contributed by atoms with van der Waals surface area (Å²) in [6.07, 6.45) is 0. The number of ether oxygens (including phenoxy) is 1. The fourth-order valence-electron chi connectivity index (χ4n) is 2.58. The monoisotopic (exact) mass is 330 g/mol. The van der Waals surface area contributed by atoms with Crippen molar-refractivity contribution < 1.29 is 9.53 Å². The van der Waals surface area contributed by atoms with Gasteiger partial charge >= 0.3 is 5.97 Å². The minimum absolute atomic E-state index is 0.0329. The van der Waals surface area contributed by atoms with Gasteiger partial charge in [-0.2, -0.15) is 5.26 Å². The van der Waals surface area contributed by atoms with Gasteiger partial charge < -0.3 is 9.72 Å². The van der Waals surface area contributed by atoms with Crippen LogP contribution in [0.3, 0.4) is 0 Å². The van der Waals surface area contributed by atoms with Crippen LogP contribution in [0.15, 0.2) is 65.5 Å². The SMILES string of the molecule is COC(=O)c1ccc(-c2cc(-c3ccccc3)[nH]c(=O)c2C#N)cc1. The minimum Gasteiger partial charge on any atom is -0.465 e. The lowest BCUT2D eigenvalue weighted by atomic mass is 9.98. The third kappa shape index (κ3) is 3.19. The highest BCUT2D eigenvalue weighted by atomic mass is 16.5. The summed E-state index contributed by atoms with van der Waals surface area (Å²) in [7, 11) is 1.31. The molecule has 3 rings (SSSR count). The number of nitriles is 1. The number of hydrogen-bond donors (Lipinski definition) is 1. The van der Waals surface area contributed by atoms with E-state index >= 15 is 0 Å². The Morgan fingerprint density at radius 3 is 2.32 bits per heavy atom. The molecule has 5 nitrogen and oxygen atoms in total. The Bertz CT molecular complexity index is 1010. The molecule has 0 amide bonds. The van der Waals surface area contributed by atoms with Gasteiger partial charge in [0.1, 0.15) is 11.6 Å². The van der Waals surface area contributed by atoms with Crippen molar-refractivity contribution in [3.05, 3.63) is 82.1 Å². The standard InChI is InChI=1S/C20H14N2O3/c1-25-20(24)15-9-7-13(8-10-15)16-11-18(14-5-3-2-4-6-14)22-19(23)17(16)12-21/h2-11H,1H3,(H,22,23). The first kappa shape index (κ1) is 16.2. The summed E-state index contributed by atoms with van der Waals surface area (Å²) in [4.78, 5) is 26.6. The van der Waals surface area contributed by atoms with Gasteiger partial charge in [-0.25, -0.2) is 4.79 Å². The number of hydrogen-bond acceptors (Lipinski definition) is 4. The number of aromatic nitrogens is 1. The van der Waals surface area contributed by atoms with Crippen molar-refractivity contribution in [3.63, 3.8) is 0 Å². The van der Waals surface area contributed by atoms with Crippen molar-refractivity contribution in [3.8, 4) is 28.5 Å². The van der Waals surface area contributed by atoms with Crippen LogP contribution in [0.25, 0.3) is 22.4 Å². The first-order valence-electron chi connectivity index (χ1n) is 7.55. The third-order valence-corrected chi connectivity index (χ3v) is 3.85. The molecule has 0 aliphatic carbocycles. The average Bonchev–Trinajstić information content (AvgIpc) is 2.67. The molecule has 3 aromatic rings. The van der Waals surface area contributed by atoms with Crippen LogP contribution in [-0.2, 0) is 4.74 Å². The predicted molar refractivity (Wildman–Crippen MR) is 94.0 cm³/mol. The molecule has 25 heavy (non-hydrogen) atoms. The Hall–Kier alpha value is -3.65. The van der Waals surface area contributed by atoms with Crippen molar-refractivity contribution in [2.24, 2.45) is 0 Å². The molecule has 0 saturated heterocycles. The molecule has 1 aromatic heterocycles. The smallest absolute Gasteiger partial charge is 0.337 e. The van der Waals surface area contributed by atoms with E-state index in [-0.39, 0.29) is 5.56 Å². The maximum Gasteiger partial charge on any atom is 0.337 e. The highest BCUT2D eigenvalue weighted by molar-refractivity contribution is 5.90. The molecule has 5 heteroatoms. The summed E-state index contributed by atoms with van der Waals surface area (Å²) in [5.74, 6) is -0.442. The van der Waals surface area contributed by atoms with Gasteiger partial charge in [0.05, 0.1) is 12.7 Å². The van der Waals surface area contributed by atoms with E-state index in [9.17, 15) is 14.9 Å². The lowest BCUT2D eigenvalue weighted by Crippen LogP contribution is -2.12. The quantitative estimate of drug-likeness (QED) is 0.746. The maximum atomic E-state index is 12.3. The fraction of sp³-hybridized carbons (Fsp3) is 0.0500. The van der Waals surface area contributed by atoms with Crippen LogP contribution in [0.1, 0.15) is 15.9 Å². The molecule has 1 heterocycles. The van der Waals surface area contributed by atoms with E-state index in [1.54, 1.807) is 30.3 Å². The number of carbonyl (C=O) groups excluding carboxylic acids is 1. The lowest BCUT2D eigenvalue weighted by Gasteiger charge is -2.08. The van der Waals surface area contributed by atoms with E-state index in [1.807, 2.05) is 36.4 Å². The van der Waals surface area contributed by atoms with Gasteiger partial charge in [-0.3, -0.25) is 4.79 Å². The maximum absolute atomic E-state index is 12.3. The molecule has 1 N–H and O–H groups in total. The zero-order valence-electron chi connectivity index (χ0n) is 13.4. The summed E-state index contributed by atoms with van der Waals surface area (Å²) < 4.78 is 4.68. The number of carbonyl (C=O) groups is 1. The first-order valence-corrected chi connectivity index (χ1v) is 7.55. The van der Waals surface area contributed by atoms with E-state index in [1.165, 1.54) is 7.11 Å². The highest BCUT2D eigenvalue weighted by Gasteiger charge is 2.13. The van der Waals surface area contributed by atoms with E-state index in [0.717, 1.165) is 5.56 Å². The molecule has 0 atom stereocenters. The Balaban J connectivity index is 2.15. The molecule has 0 bridgehead atoms. The van der Waals surface area contributed by atoms with Crippen molar-refractivity contribution >= 4 is 5.97 Å². The molecule has 2 aromatic carbocycles. The van der Waals surface area contributed by atoms with Crippen LogP contribution in [0.2, 0.25) is 0 Å². The van der Waals surface area contributed by atoms with E-state index in [0.29, 0.717) is 22.4 Å². The fourth-order valence-corrected chi connectivity index (χ4v) is 2.58. The van der Waals surface area contributed by atoms with Crippen LogP contribution in [0, 0.1) is 11.3 Å². The number of benzene rings is 2. The third-order valence-electron chi connectivity index (χ3n) is 3.85. The van der Waals surface area contributed by atoms with Crippen molar-refractivity contribution in [2.75, 3.05) is 7.11 Å². The number of aromatic amines is 1. The number of H-pyrrole nitrogens is 1. The van der Waals surface area contributed by atoms with Crippen LogP contribution >= 0.6 is 0 Å². The molecular weight excluding hydrogens is 316 g/mol. The molecule has 0 spiro atoms. The van der Waals surface area contributed by atoms with Gasteiger partial charge in [0, 0.05) is 11.3 Å². The first-order chi connectivity index (χ1) is 12.1. The number of rotatable bonds is 3. The van der Waals surface area contributed by atoms with Crippen LogP contribution < -0.4 is 5.56 Å². The number of pyridine rings is 1. The topological polar surface area (TPSA) is 83.0 Å². The summed E-state index contributed by atoms with van der Waals surface area (Å²) in [6, 6.07) is 19.7. The summed E-state index contributed by atoms with van der Waals surface area (Å²) in [6.45, 7) is 0. The number of esters is 1. The Labute approximate surface area is 144 Å². The summed E-state index contributed by atoms with van der Waals surface area (Å²) in [5, 5.41) is 9.36. The normalized spacial score (nSPS) is 10.1. The van der Waals surface area contributed by atoms with Crippen molar-refractivity contribution in [2.45, 2.75) is 0 Å². The second kappa shape index (κ2) is 6.85. The zero-order valence-corrected chi connectivity index (χ0v) is 13.4. The highest BCUT2D eigenvalue weighted by Crippen LogP contribution is 2.26. The number of methoxy groups -OCH3 is 1. The molecular formula is C20H14N2O3. The lowest BCUT2D eigenvalue weighted by molar-refractivity contribution is 0.0601. The van der Waals surface area contributed by atoms with E-state index in [2.05, 4.69) is 9.72 Å². The second-order valence-corrected chi connectivity index (χ2v) is 5.35. The zero-order chi connectivity index (χ0) is 17.8. The van der Waals surface area contributed by atoms with Crippen LogP contribution in [0.5, 0.6) is 0 Å². The molecule has 0 unspecified atom stereocenters. The van der Waals surface area contributed by atoms with Crippen molar-refractivity contribution in [1.29, 1.82) is 5.26 Å². The second-order valence-electron chi connectivity index (χ2n) is 5.35. The number of nitrogens with zero attached hydrogens (tertiary/aromatic N) is 1. The van der Waals surface area contributed by atoms with Gasteiger partial charge in [-0.15, -0.1) is 0 Å². The summed E-state index contributed by atoms with van der Waals surface area (Å²) >= 11 is 0. The molecule has 0 aliphatic heterocycles. The molecule has 0 saturated carbocycles. The Kier molecular flexibility index (Phi) is 4.44. The molecule has 0 radical (unpaired) electrons. The van der Waals surface area contributed by atoms with Crippen molar-refractivity contribution in [1.82, 2.24) is 4.98 Å². The van der Waals surface area contributed by atoms with Gasteiger partial charge in [0.25, 0.3) is 5.56 Å². The van der Waals surface area contributed by atoms with E-state index < -0.39 is 11.5 Å². The summed E-state index contributed by atoms with van der Waals surface area (Å²) in [5.41, 5.74) is 2.64. The van der Waals surface area contributed by atoms with Gasteiger partial charge in [0.15, 0.2) is 0 Å². The van der Waals surface area contributed by atoms with Crippen LogP contribution in [0.4, 0.5) is 0 Å². The largest absolute Gasteiger partial charge is 0.465 e. The minimum atomic E-state index is -0.448. The molecule has 122 valence electrons. The van der Waals surface area contributed by atoms with Gasteiger partial charge in [-0.1, -0.05) is 42.5 Å². The number of nitrogens with one attached hydrogen (secondary N) is 1. The Morgan fingerprint density at radius 2 is 1.72 bits per heavy atom. The van der Waals surface area contributed by atoms with Gasteiger partial charge in [-0.05, 0) is 29.3 Å². The average molecular weight is 330 g/mol.